The Morgan fingerprint density at radius 1 is 1.47 bits per heavy atom. The molecular weight excluding hydrogens is 280 g/mol. The Balaban J connectivity index is 2.67. The maximum absolute atomic E-state index is 5.54. The molecule has 0 aromatic heterocycles. The van der Waals surface area contributed by atoms with Crippen molar-refractivity contribution >= 4 is 21.6 Å². The van der Waals surface area contributed by atoms with Crippen molar-refractivity contribution in [3.8, 4) is 0 Å². The molecule has 1 aromatic rings. The molecule has 0 saturated carbocycles. The molecule has 0 spiro atoms. The third-order valence-corrected chi connectivity index (χ3v) is 3.61. The molecule has 17 heavy (non-hydrogen) atoms. The lowest BCUT2D eigenvalue weighted by Gasteiger charge is -2.20. The average molecular weight is 301 g/mol. The SMILES string of the molecule is COCC(CCCN)Nc1cccc(Br)c1C. The van der Waals surface area contributed by atoms with Gasteiger partial charge in [0.25, 0.3) is 0 Å². The van der Waals surface area contributed by atoms with Gasteiger partial charge >= 0.3 is 0 Å². The fourth-order valence-corrected chi connectivity index (χ4v) is 2.11. The first kappa shape index (κ1) is 14.5. The average Bonchev–Trinajstić information content (AvgIpc) is 2.32. The van der Waals surface area contributed by atoms with E-state index in [-0.39, 0.29) is 0 Å². The van der Waals surface area contributed by atoms with Gasteiger partial charge in [0.2, 0.25) is 0 Å². The van der Waals surface area contributed by atoms with Gasteiger partial charge in [0, 0.05) is 23.3 Å². The minimum absolute atomic E-state index is 0.316. The number of hydrogen-bond acceptors (Lipinski definition) is 3. The largest absolute Gasteiger partial charge is 0.383 e. The van der Waals surface area contributed by atoms with Crippen molar-refractivity contribution in [1.82, 2.24) is 0 Å². The molecule has 1 rings (SSSR count). The van der Waals surface area contributed by atoms with Crippen LogP contribution in [-0.4, -0.2) is 26.3 Å². The van der Waals surface area contributed by atoms with E-state index in [1.165, 1.54) is 5.56 Å². The summed E-state index contributed by atoms with van der Waals surface area (Å²) in [6, 6.07) is 6.49. The van der Waals surface area contributed by atoms with Gasteiger partial charge in [-0.2, -0.15) is 0 Å². The van der Waals surface area contributed by atoms with Crippen LogP contribution in [0.15, 0.2) is 22.7 Å². The maximum Gasteiger partial charge on any atom is 0.0664 e. The number of nitrogens with one attached hydrogen (secondary N) is 1. The third kappa shape index (κ3) is 4.66. The van der Waals surface area contributed by atoms with Crippen molar-refractivity contribution in [2.75, 3.05) is 25.6 Å². The molecule has 1 unspecified atom stereocenters. The van der Waals surface area contributed by atoms with Gasteiger partial charge in [-0.1, -0.05) is 22.0 Å². The monoisotopic (exact) mass is 300 g/mol. The predicted octanol–water partition coefficient (Wildman–Crippen LogP) is 2.92. The molecule has 0 radical (unpaired) electrons. The molecule has 0 aliphatic carbocycles. The van der Waals surface area contributed by atoms with E-state index in [2.05, 4.69) is 34.2 Å². The standard InChI is InChI=1S/C13H21BrN2O/c1-10-12(14)6-3-7-13(10)16-11(9-17-2)5-4-8-15/h3,6-7,11,16H,4-5,8-9,15H2,1-2H3. The number of rotatable bonds is 7. The summed E-state index contributed by atoms with van der Waals surface area (Å²) in [5.74, 6) is 0. The van der Waals surface area contributed by atoms with Gasteiger partial charge in [-0.15, -0.1) is 0 Å². The highest BCUT2D eigenvalue weighted by atomic mass is 79.9. The van der Waals surface area contributed by atoms with Crippen LogP contribution in [0, 0.1) is 6.92 Å². The van der Waals surface area contributed by atoms with E-state index in [9.17, 15) is 0 Å². The van der Waals surface area contributed by atoms with Crippen LogP contribution in [0.4, 0.5) is 5.69 Å². The smallest absolute Gasteiger partial charge is 0.0664 e. The molecule has 4 heteroatoms. The summed E-state index contributed by atoms with van der Waals surface area (Å²) < 4.78 is 6.35. The number of anilines is 1. The van der Waals surface area contributed by atoms with E-state index in [0.717, 1.165) is 29.5 Å². The molecule has 0 heterocycles. The van der Waals surface area contributed by atoms with E-state index >= 15 is 0 Å². The van der Waals surface area contributed by atoms with Gasteiger partial charge in [0.05, 0.1) is 6.61 Å². The highest BCUT2D eigenvalue weighted by Crippen LogP contribution is 2.24. The van der Waals surface area contributed by atoms with E-state index in [0.29, 0.717) is 12.6 Å². The minimum Gasteiger partial charge on any atom is -0.383 e. The Kier molecular flexibility index (Phi) is 6.55. The number of nitrogens with two attached hydrogens (primary N) is 1. The van der Waals surface area contributed by atoms with Crippen molar-refractivity contribution < 1.29 is 4.74 Å². The highest BCUT2D eigenvalue weighted by molar-refractivity contribution is 9.10. The van der Waals surface area contributed by atoms with Crippen molar-refractivity contribution in [2.45, 2.75) is 25.8 Å². The van der Waals surface area contributed by atoms with Crippen LogP contribution in [-0.2, 0) is 4.74 Å². The molecule has 0 aliphatic heterocycles. The third-order valence-electron chi connectivity index (χ3n) is 2.75. The van der Waals surface area contributed by atoms with Gasteiger partial charge in [-0.25, -0.2) is 0 Å². The van der Waals surface area contributed by atoms with Crippen LogP contribution >= 0.6 is 15.9 Å². The van der Waals surface area contributed by atoms with Crippen LogP contribution < -0.4 is 11.1 Å². The Morgan fingerprint density at radius 3 is 2.88 bits per heavy atom. The quantitative estimate of drug-likeness (QED) is 0.814. The molecule has 3 N–H and O–H groups in total. The first-order chi connectivity index (χ1) is 8.19. The normalized spacial score (nSPS) is 12.5. The van der Waals surface area contributed by atoms with Gasteiger partial charge in [0.1, 0.15) is 0 Å². The van der Waals surface area contributed by atoms with Crippen molar-refractivity contribution in [2.24, 2.45) is 5.73 Å². The highest BCUT2D eigenvalue weighted by Gasteiger charge is 2.10. The second-order valence-corrected chi connectivity index (χ2v) is 4.99. The number of benzene rings is 1. The summed E-state index contributed by atoms with van der Waals surface area (Å²) in [4.78, 5) is 0. The van der Waals surface area contributed by atoms with E-state index in [1.54, 1.807) is 7.11 Å². The maximum atomic E-state index is 5.54. The van der Waals surface area contributed by atoms with Crippen LogP contribution in [0.1, 0.15) is 18.4 Å². The zero-order chi connectivity index (χ0) is 12.7. The molecule has 0 aliphatic rings. The molecule has 0 amide bonds. The van der Waals surface area contributed by atoms with Crippen LogP contribution in [0.3, 0.4) is 0 Å². The summed E-state index contributed by atoms with van der Waals surface area (Å²) in [5, 5.41) is 3.51. The van der Waals surface area contributed by atoms with E-state index in [4.69, 9.17) is 10.5 Å². The predicted molar refractivity (Wildman–Crippen MR) is 76.5 cm³/mol. The zero-order valence-electron chi connectivity index (χ0n) is 10.5. The lowest BCUT2D eigenvalue weighted by molar-refractivity contribution is 0.182. The second-order valence-electron chi connectivity index (χ2n) is 4.14. The lowest BCUT2D eigenvalue weighted by Crippen LogP contribution is -2.26. The van der Waals surface area contributed by atoms with Crippen molar-refractivity contribution in [1.29, 1.82) is 0 Å². The van der Waals surface area contributed by atoms with Gasteiger partial charge < -0.3 is 15.8 Å². The summed E-state index contributed by atoms with van der Waals surface area (Å²) in [7, 11) is 1.73. The lowest BCUT2D eigenvalue weighted by atomic mass is 10.1. The summed E-state index contributed by atoms with van der Waals surface area (Å²) in [6.07, 6.45) is 2.03. The first-order valence-corrected chi connectivity index (χ1v) is 6.69. The number of hydrogen-bond donors (Lipinski definition) is 2. The zero-order valence-corrected chi connectivity index (χ0v) is 12.1. The van der Waals surface area contributed by atoms with Gasteiger partial charge in [-0.3, -0.25) is 0 Å². The number of halogens is 1. The van der Waals surface area contributed by atoms with E-state index in [1.807, 2.05) is 12.1 Å². The molecular formula is C13H21BrN2O. The molecule has 0 saturated heterocycles. The first-order valence-electron chi connectivity index (χ1n) is 5.89. The van der Waals surface area contributed by atoms with Gasteiger partial charge in [-0.05, 0) is 44.0 Å². The molecule has 96 valence electrons. The Labute approximate surface area is 112 Å². The van der Waals surface area contributed by atoms with Gasteiger partial charge in [0.15, 0.2) is 0 Å². The summed E-state index contributed by atoms with van der Waals surface area (Å²) in [5.41, 5.74) is 7.92. The molecule has 0 fully saturated rings. The fourth-order valence-electron chi connectivity index (χ4n) is 1.75. The molecule has 0 bridgehead atoms. The Hall–Kier alpha value is -0.580. The van der Waals surface area contributed by atoms with Crippen LogP contribution in [0.25, 0.3) is 0 Å². The Bertz CT molecular complexity index is 344. The second kappa shape index (κ2) is 7.69. The van der Waals surface area contributed by atoms with Crippen molar-refractivity contribution in [3.63, 3.8) is 0 Å². The van der Waals surface area contributed by atoms with Crippen molar-refractivity contribution in [3.05, 3.63) is 28.2 Å². The fraction of sp³-hybridized carbons (Fsp3) is 0.538. The van der Waals surface area contributed by atoms with E-state index < -0.39 is 0 Å². The molecule has 1 aromatic carbocycles. The molecule has 1 atom stereocenters. The topological polar surface area (TPSA) is 47.3 Å². The number of methoxy groups -OCH3 is 1. The van der Waals surface area contributed by atoms with Crippen LogP contribution in [0.2, 0.25) is 0 Å². The molecule has 3 nitrogen and oxygen atoms in total. The summed E-state index contributed by atoms with van der Waals surface area (Å²) in [6.45, 7) is 3.52. The minimum atomic E-state index is 0.316. The number of ether oxygens (including phenoxy) is 1. The summed E-state index contributed by atoms with van der Waals surface area (Å²) >= 11 is 3.54. The van der Waals surface area contributed by atoms with Crippen LogP contribution in [0.5, 0.6) is 0 Å². The Morgan fingerprint density at radius 2 is 2.24 bits per heavy atom.